The van der Waals surface area contributed by atoms with Crippen molar-refractivity contribution >= 4 is 28.0 Å². The number of hydrogen-bond acceptors (Lipinski definition) is 7. The highest BCUT2D eigenvalue weighted by Crippen LogP contribution is 2.42. The summed E-state index contributed by atoms with van der Waals surface area (Å²) in [5.41, 5.74) is 10.7. The molecule has 1 saturated heterocycles. The number of carbonyl (C=O) groups excluding carboxylic acids is 2. The van der Waals surface area contributed by atoms with E-state index in [1.165, 1.54) is 36.8 Å². The molecule has 2 atom stereocenters. The third-order valence-corrected chi connectivity index (χ3v) is 9.11. The largest absolute Gasteiger partial charge is 0.365 e. The summed E-state index contributed by atoms with van der Waals surface area (Å²) in [5, 5.41) is 12.0. The van der Waals surface area contributed by atoms with Crippen molar-refractivity contribution in [3.8, 4) is 21.7 Å². The molecule has 2 fully saturated rings. The van der Waals surface area contributed by atoms with Gasteiger partial charge in [0.25, 0.3) is 11.8 Å². The fourth-order valence-corrected chi connectivity index (χ4v) is 7.04. The topological polar surface area (TPSA) is 123 Å². The number of primary amides is 1. The third kappa shape index (κ3) is 4.02. The average Bonchev–Trinajstić information content (AvgIpc) is 3.68. The zero-order valence-corrected chi connectivity index (χ0v) is 22.0. The second kappa shape index (κ2) is 9.07. The number of carbonyl (C=O) groups is 2. The lowest BCUT2D eigenvalue weighted by atomic mass is 10.0. The lowest BCUT2D eigenvalue weighted by Crippen LogP contribution is -2.39. The summed E-state index contributed by atoms with van der Waals surface area (Å²) in [6, 6.07) is 2.54. The standard InChI is InChI=1S/C26H30N8O2S/c1-14-19(9-17(10-29-14)25(36)28-6-7-33-13-16-4-5-18(33)8-16)22-23(20-11-30-32(3)15(20)2)37-26-21(24(27)35)12-31-34(22)26/h9-12,16,18H,4-8,13H2,1-3H3,(H2,27,35)(H,28,36). The van der Waals surface area contributed by atoms with Crippen molar-refractivity contribution in [2.75, 3.05) is 19.6 Å². The van der Waals surface area contributed by atoms with Gasteiger partial charge in [-0.2, -0.15) is 10.2 Å². The van der Waals surface area contributed by atoms with Gasteiger partial charge in [0.15, 0.2) is 0 Å². The smallest absolute Gasteiger partial charge is 0.253 e. The Morgan fingerprint density at radius 3 is 2.68 bits per heavy atom. The number of piperidine rings is 1. The first-order valence-electron chi connectivity index (χ1n) is 12.6. The van der Waals surface area contributed by atoms with Gasteiger partial charge in [-0.15, -0.1) is 11.3 Å². The van der Waals surface area contributed by atoms with E-state index in [2.05, 4.69) is 25.4 Å². The molecule has 2 unspecified atom stereocenters. The summed E-state index contributed by atoms with van der Waals surface area (Å²) in [4.78, 5) is 33.8. The number of hydrogen-bond donors (Lipinski definition) is 2. The van der Waals surface area contributed by atoms with E-state index in [-0.39, 0.29) is 5.91 Å². The van der Waals surface area contributed by atoms with Crippen LogP contribution in [0.5, 0.6) is 0 Å². The molecule has 2 amide bonds. The highest BCUT2D eigenvalue weighted by Gasteiger charge is 2.37. The number of fused-ring (bicyclic) bond motifs is 3. The quantitative estimate of drug-likeness (QED) is 0.388. The summed E-state index contributed by atoms with van der Waals surface area (Å²) in [7, 11) is 1.89. The van der Waals surface area contributed by atoms with Gasteiger partial charge in [0.2, 0.25) is 0 Å². The maximum atomic E-state index is 13.1. The van der Waals surface area contributed by atoms with Gasteiger partial charge < -0.3 is 11.1 Å². The molecule has 0 aromatic carbocycles. The van der Waals surface area contributed by atoms with Crippen LogP contribution in [-0.2, 0) is 7.05 Å². The van der Waals surface area contributed by atoms with E-state index in [9.17, 15) is 9.59 Å². The van der Waals surface area contributed by atoms with E-state index >= 15 is 0 Å². The molecule has 2 aliphatic rings. The number of nitrogens with one attached hydrogen (secondary N) is 1. The van der Waals surface area contributed by atoms with Crippen LogP contribution in [-0.4, -0.2) is 66.8 Å². The fraction of sp³-hybridized carbons (Fsp3) is 0.423. The Balaban J connectivity index is 1.34. The number of nitrogens with zero attached hydrogens (tertiary/aromatic N) is 6. The van der Waals surface area contributed by atoms with Crippen LogP contribution in [0.4, 0.5) is 0 Å². The minimum atomic E-state index is -0.536. The molecule has 0 radical (unpaired) electrons. The van der Waals surface area contributed by atoms with Gasteiger partial charge in [-0.25, -0.2) is 4.52 Å². The Labute approximate surface area is 218 Å². The lowest BCUT2D eigenvalue weighted by molar-refractivity contribution is 0.0943. The molecule has 4 aromatic rings. The zero-order valence-electron chi connectivity index (χ0n) is 21.2. The van der Waals surface area contributed by atoms with Crippen LogP contribution >= 0.6 is 11.3 Å². The van der Waals surface area contributed by atoms with Crippen LogP contribution in [0.15, 0.2) is 24.7 Å². The van der Waals surface area contributed by atoms with Crippen LogP contribution in [0.1, 0.15) is 51.4 Å². The second-order valence-electron chi connectivity index (χ2n) is 10.1. The molecule has 0 spiro atoms. The molecule has 4 aromatic heterocycles. The predicted octanol–water partition coefficient (Wildman–Crippen LogP) is 2.79. The van der Waals surface area contributed by atoms with Crippen LogP contribution in [0, 0.1) is 19.8 Å². The van der Waals surface area contributed by atoms with Gasteiger partial charge in [0.05, 0.1) is 34.1 Å². The van der Waals surface area contributed by atoms with Gasteiger partial charge in [-0.1, -0.05) is 0 Å². The lowest BCUT2D eigenvalue weighted by Gasteiger charge is -2.26. The molecule has 2 bridgehead atoms. The van der Waals surface area contributed by atoms with Crippen molar-refractivity contribution in [3.05, 3.63) is 47.2 Å². The fourth-order valence-electron chi connectivity index (χ4n) is 5.76. The molecule has 37 heavy (non-hydrogen) atoms. The first-order chi connectivity index (χ1) is 17.8. The Hall–Kier alpha value is -3.57. The molecule has 10 nitrogen and oxygen atoms in total. The van der Waals surface area contributed by atoms with Gasteiger partial charge in [0.1, 0.15) is 4.83 Å². The summed E-state index contributed by atoms with van der Waals surface area (Å²) < 4.78 is 3.53. The van der Waals surface area contributed by atoms with E-state index in [1.807, 2.05) is 27.0 Å². The Morgan fingerprint density at radius 2 is 2.00 bits per heavy atom. The molecular formula is C26H30N8O2S. The monoisotopic (exact) mass is 518 g/mol. The maximum absolute atomic E-state index is 13.1. The molecule has 5 heterocycles. The molecule has 11 heteroatoms. The number of thiazole rings is 1. The molecule has 192 valence electrons. The first-order valence-corrected chi connectivity index (χ1v) is 13.4. The summed E-state index contributed by atoms with van der Waals surface area (Å²) in [5.74, 6) is 0.149. The van der Waals surface area contributed by atoms with E-state index < -0.39 is 5.91 Å². The van der Waals surface area contributed by atoms with Gasteiger partial charge in [-0.05, 0) is 45.1 Å². The molecular weight excluding hydrogens is 488 g/mol. The predicted molar refractivity (Wildman–Crippen MR) is 142 cm³/mol. The third-order valence-electron chi connectivity index (χ3n) is 7.91. The van der Waals surface area contributed by atoms with Crippen molar-refractivity contribution in [3.63, 3.8) is 0 Å². The van der Waals surface area contributed by atoms with E-state index in [0.717, 1.165) is 52.1 Å². The van der Waals surface area contributed by atoms with E-state index in [1.54, 1.807) is 21.6 Å². The van der Waals surface area contributed by atoms with Gasteiger partial charge in [0, 0.05) is 61.4 Å². The number of aryl methyl sites for hydroxylation is 2. The summed E-state index contributed by atoms with van der Waals surface area (Å²) in [6.45, 7) is 6.53. The summed E-state index contributed by atoms with van der Waals surface area (Å²) >= 11 is 1.43. The van der Waals surface area contributed by atoms with Crippen molar-refractivity contribution < 1.29 is 9.59 Å². The van der Waals surface area contributed by atoms with Gasteiger partial charge >= 0.3 is 0 Å². The highest BCUT2D eigenvalue weighted by molar-refractivity contribution is 7.21. The van der Waals surface area contributed by atoms with Crippen molar-refractivity contribution in [2.24, 2.45) is 18.7 Å². The molecule has 1 aliphatic carbocycles. The second-order valence-corrected chi connectivity index (χ2v) is 11.1. The number of rotatable bonds is 7. The Bertz CT molecular complexity index is 1530. The number of nitrogens with two attached hydrogens (primary N) is 1. The zero-order chi connectivity index (χ0) is 25.8. The summed E-state index contributed by atoms with van der Waals surface area (Å²) in [6.07, 6.45) is 8.84. The number of amides is 2. The molecule has 1 saturated carbocycles. The van der Waals surface area contributed by atoms with Crippen molar-refractivity contribution in [1.82, 2.24) is 34.6 Å². The number of aromatic nitrogens is 5. The Kier molecular flexibility index (Phi) is 5.84. The number of pyridine rings is 1. The van der Waals surface area contributed by atoms with Gasteiger partial charge in [-0.3, -0.25) is 24.2 Å². The number of likely N-dealkylation sites (tertiary alicyclic amines) is 1. The first kappa shape index (κ1) is 23.8. The molecule has 6 rings (SSSR count). The SMILES string of the molecule is Cc1ncc(C(=O)NCCN2CC3CCC2C3)cc1-c1c(-c2cnn(C)c2C)sc2c(C(N)=O)cnn12. The molecule has 3 N–H and O–H groups in total. The van der Waals surface area contributed by atoms with Crippen molar-refractivity contribution in [2.45, 2.75) is 39.2 Å². The Morgan fingerprint density at radius 1 is 1.16 bits per heavy atom. The van der Waals surface area contributed by atoms with Crippen LogP contribution < -0.4 is 11.1 Å². The molecule has 1 aliphatic heterocycles. The van der Waals surface area contributed by atoms with Crippen LogP contribution in [0.2, 0.25) is 0 Å². The van der Waals surface area contributed by atoms with E-state index in [4.69, 9.17) is 5.73 Å². The normalized spacial score (nSPS) is 19.2. The average molecular weight is 519 g/mol. The minimum Gasteiger partial charge on any atom is -0.365 e. The van der Waals surface area contributed by atoms with Crippen LogP contribution in [0.25, 0.3) is 26.5 Å². The van der Waals surface area contributed by atoms with Crippen molar-refractivity contribution in [1.29, 1.82) is 0 Å². The van der Waals surface area contributed by atoms with E-state index in [0.29, 0.717) is 28.5 Å². The maximum Gasteiger partial charge on any atom is 0.253 e. The highest BCUT2D eigenvalue weighted by atomic mass is 32.1. The minimum absolute atomic E-state index is 0.151. The van der Waals surface area contributed by atoms with Crippen LogP contribution in [0.3, 0.4) is 0 Å².